The summed E-state index contributed by atoms with van der Waals surface area (Å²) in [5.74, 6) is -0.00470. The summed E-state index contributed by atoms with van der Waals surface area (Å²) in [6.07, 6.45) is 3.57. The van der Waals surface area contributed by atoms with E-state index in [1.807, 2.05) is 18.2 Å². The number of carbonyl (C=O) groups is 1. The third-order valence-electron chi connectivity index (χ3n) is 4.25. The highest BCUT2D eigenvalue weighted by atomic mass is 35.5. The second-order valence-corrected chi connectivity index (χ2v) is 6.02. The molecule has 4 nitrogen and oxygen atoms in total. The summed E-state index contributed by atoms with van der Waals surface area (Å²) in [5.41, 5.74) is 1.44. The molecule has 0 spiro atoms. The Morgan fingerprint density at radius 1 is 1.32 bits per heavy atom. The van der Waals surface area contributed by atoms with Gasteiger partial charge in [0.25, 0.3) is 0 Å². The number of ketones is 1. The van der Waals surface area contributed by atoms with Crippen LogP contribution in [0.15, 0.2) is 30.5 Å². The number of ether oxygens (including phenoxy) is 2. The average Bonchev–Trinajstić information content (AvgIpc) is 2.54. The zero-order chi connectivity index (χ0) is 15.5. The molecule has 0 saturated heterocycles. The second-order valence-electron chi connectivity index (χ2n) is 5.59. The fourth-order valence-electron chi connectivity index (χ4n) is 3.10. The number of halogens is 1. The number of nitrogens with zero attached hydrogens (tertiary/aromatic N) is 1. The van der Waals surface area contributed by atoms with Crippen molar-refractivity contribution in [1.29, 1.82) is 5.26 Å². The van der Waals surface area contributed by atoms with Crippen LogP contribution in [0.25, 0.3) is 5.57 Å². The van der Waals surface area contributed by atoms with Gasteiger partial charge in [-0.3, -0.25) is 4.79 Å². The van der Waals surface area contributed by atoms with Gasteiger partial charge in [0, 0.05) is 11.4 Å². The van der Waals surface area contributed by atoms with Gasteiger partial charge in [-0.05, 0) is 30.5 Å². The zero-order valence-corrected chi connectivity index (χ0v) is 12.8. The van der Waals surface area contributed by atoms with E-state index < -0.39 is 0 Å². The highest BCUT2D eigenvalue weighted by Gasteiger charge is 2.40. The maximum atomic E-state index is 12.7. The smallest absolute Gasteiger partial charge is 0.173 e. The van der Waals surface area contributed by atoms with Crippen molar-refractivity contribution in [2.45, 2.75) is 31.5 Å². The standard InChI is InChI=1S/C17H16ClNO3/c18-12-3-1-11(2-4-12)15-10-22-16-9-13(21-8-7-19)5-6-14(16)17(15)20/h1-4,10,13-14,16H,5-6,8-9H2. The summed E-state index contributed by atoms with van der Waals surface area (Å²) in [5, 5.41) is 9.21. The van der Waals surface area contributed by atoms with Crippen molar-refractivity contribution in [1.82, 2.24) is 0 Å². The van der Waals surface area contributed by atoms with Crippen molar-refractivity contribution >= 4 is 23.0 Å². The summed E-state index contributed by atoms with van der Waals surface area (Å²) in [4.78, 5) is 12.7. The van der Waals surface area contributed by atoms with Gasteiger partial charge in [-0.2, -0.15) is 5.26 Å². The minimum Gasteiger partial charge on any atom is -0.496 e. The summed E-state index contributed by atoms with van der Waals surface area (Å²) in [6.45, 7) is 0.0852. The molecule has 3 atom stereocenters. The Morgan fingerprint density at radius 2 is 2.09 bits per heavy atom. The van der Waals surface area contributed by atoms with Crippen LogP contribution in [0.5, 0.6) is 0 Å². The van der Waals surface area contributed by atoms with Crippen LogP contribution in [-0.4, -0.2) is 24.6 Å². The summed E-state index contributed by atoms with van der Waals surface area (Å²) in [7, 11) is 0. The number of fused-ring (bicyclic) bond motifs is 1. The first-order valence-electron chi connectivity index (χ1n) is 7.33. The molecular formula is C17H16ClNO3. The summed E-state index contributed by atoms with van der Waals surface area (Å²) in [6, 6.07) is 9.17. The van der Waals surface area contributed by atoms with E-state index in [2.05, 4.69) is 0 Å². The fourth-order valence-corrected chi connectivity index (χ4v) is 3.23. The second kappa shape index (κ2) is 6.51. The molecule has 3 rings (SSSR count). The Labute approximate surface area is 134 Å². The molecule has 0 aromatic heterocycles. The third kappa shape index (κ3) is 3.01. The molecule has 1 aliphatic carbocycles. The van der Waals surface area contributed by atoms with Crippen LogP contribution in [0.4, 0.5) is 0 Å². The normalized spacial score (nSPS) is 27.4. The Hall–Kier alpha value is -1.83. The van der Waals surface area contributed by atoms with Crippen molar-refractivity contribution in [3.05, 3.63) is 41.1 Å². The molecule has 1 fully saturated rings. The lowest BCUT2D eigenvalue weighted by molar-refractivity contribution is -0.127. The number of rotatable bonds is 3. The minimum atomic E-state index is -0.152. The van der Waals surface area contributed by atoms with Crippen LogP contribution < -0.4 is 0 Å². The molecule has 1 saturated carbocycles. The van der Waals surface area contributed by atoms with Crippen molar-refractivity contribution in [3.8, 4) is 6.07 Å². The lowest BCUT2D eigenvalue weighted by Crippen LogP contribution is -2.41. The molecule has 0 radical (unpaired) electrons. The van der Waals surface area contributed by atoms with Crippen molar-refractivity contribution < 1.29 is 14.3 Å². The first-order chi connectivity index (χ1) is 10.7. The average molecular weight is 318 g/mol. The van der Waals surface area contributed by atoms with E-state index in [4.69, 9.17) is 26.3 Å². The molecule has 0 bridgehead atoms. The van der Waals surface area contributed by atoms with Gasteiger partial charge < -0.3 is 9.47 Å². The van der Waals surface area contributed by atoms with Gasteiger partial charge in [0.05, 0.1) is 29.9 Å². The van der Waals surface area contributed by atoms with E-state index in [0.717, 1.165) is 18.4 Å². The van der Waals surface area contributed by atoms with E-state index in [1.165, 1.54) is 0 Å². The third-order valence-corrected chi connectivity index (χ3v) is 4.50. The lowest BCUT2D eigenvalue weighted by atomic mass is 9.78. The summed E-state index contributed by atoms with van der Waals surface area (Å²) < 4.78 is 11.2. The van der Waals surface area contributed by atoms with Gasteiger partial charge in [-0.25, -0.2) is 0 Å². The number of Topliss-reactive ketones (excluding diaryl/α,β-unsaturated/α-hetero) is 1. The molecule has 22 heavy (non-hydrogen) atoms. The first-order valence-corrected chi connectivity index (χ1v) is 7.71. The van der Waals surface area contributed by atoms with Gasteiger partial charge >= 0.3 is 0 Å². The highest BCUT2D eigenvalue weighted by Crippen LogP contribution is 2.37. The van der Waals surface area contributed by atoms with Crippen molar-refractivity contribution in [3.63, 3.8) is 0 Å². The number of hydrogen-bond donors (Lipinski definition) is 0. The van der Waals surface area contributed by atoms with Gasteiger partial charge in [-0.15, -0.1) is 0 Å². The Kier molecular flexibility index (Phi) is 4.47. The molecule has 1 aliphatic heterocycles. The quantitative estimate of drug-likeness (QED) is 0.857. The largest absolute Gasteiger partial charge is 0.496 e. The van der Waals surface area contributed by atoms with Gasteiger partial charge in [-0.1, -0.05) is 23.7 Å². The van der Waals surface area contributed by atoms with E-state index in [0.29, 0.717) is 17.0 Å². The zero-order valence-electron chi connectivity index (χ0n) is 12.0. The van der Waals surface area contributed by atoms with Crippen LogP contribution in [0.1, 0.15) is 24.8 Å². The number of allylic oxidation sites excluding steroid dienone is 1. The molecule has 0 amide bonds. The van der Waals surface area contributed by atoms with E-state index in [-0.39, 0.29) is 30.5 Å². The van der Waals surface area contributed by atoms with E-state index in [1.54, 1.807) is 18.4 Å². The molecule has 1 aromatic carbocycles. The first kappa shape index (κ1) is 15.1. The minimum absolute atomic E-state index is 0.000758. The fraction of sp³-hybridized carbons (Fsp3) is 0.412. The molecule has 5 heteroatoms. The molecule has 1 heterocycles. The predicted octanol–water partition coefficient (Wildman–Crippen LogP) is 3.36. The monoisotopic (exact) mass is 317 g/mol. The maximum Gasteiger partial charge on any atom is 0.173 e. The molecule has 114 valence electrons. The number of hydrogen-bond acceptors (Lipinski definition) is 4. The van der Waals surface area contributed by atoms with Crippen LogP contribution in [0.2, 0.25) is 5.02 Å². The summed E-state index contributed by atoms with van der Waals surface area (Å²) >= 11 is 5.88. The highest BCUT2D eigenvalue weighted by molar-refractivity contribution is 6.30. The van der Waals surface area contributed by atoms with Crippen LogP contribution in [0, 0.1) is 17.2 Å². The van der Waals surface area contributed by atoms with Gasteiger partial charge in [0.2, 0.25) is 0 Å². The molecular weight excluding hydrogens is 302 g/mol. The SMILES string of the molecule is N#CCOC1CCC2C(=O)C(c3ccc(Cl)cc3)=COC2C1. The molecule has 0 N–H and O–H groups in total. The Balaban J connectivity index is 1.74. The van der Waals surface area contributed by atoms with E-state index in [9.17, 15) is 4.79 Å². The Morgan fingerprint density at radius 3 is 2.82 bits per heavy atom. The number of benzene rings is 1. The van der Waals surface area contributed by atoms with Crippen molar-refractivity contribution in [2.75, 3.05) is 6.61 Å². The van der Waals surface area contributed by atoms with E-state index >= 15 is 0 Å². The van der Waals surface area contributed by atoms with Gasteiger partial charge in [0.1, 0.15) is 12.7 Å². The van der Waals surface area contributed by atoms with Crippen LogP contribution >= 0.6 is 11.6 Å². The number of nitriles is 1. The van der Waals surface area contributed by atoms with Crippen molar-refractivity contribution in [2.24, 2.45) is 5.92 Å². The van der Waals surface area contributed by atoms with Gasteiger partial charge in [0.15, 0.2) is 5.78 Å². The topological polar surface area (TPSA) is 59.3 Å². The lowest BCUT2D eigenvalue weighted by Gasteiger charge is -2.37. The maximum absolute atomic E-state index is 12.7. The van der Waals surface area contributed by atoms with Crippen LogP contribution in [-0.2, 0) is 14.3 Å². The molecule has 2 aliphatic rings. The molecule has 3 unspecified atom stereocenters. The predicted molar refractivity (Wildman–Crippen MR) is 82.0 cm³/mol. The number of carbonyl (C=O) groups excluding carboxylic acids is 1. The molecule has 1 aromatic rings. The van der Waals surface area contributed by atoms with Crippen LogP contribution in [0.3, 0.4) is 0 Å². The Bertz CT molecular complexity index is 632.